The van der Waals surface area contributed by atoms with Gasteiger partial charge in [-0.1, -0.05) is 20.8 Å². The molecule has 0 aromatic rings. The second-order valence-electron chi connectivity index (χ2n) is 4.85. The fourth-order valence-corrected chi connectivity index (χ4v) is 3.83. The Kier molecular flexibility index (Phi) is 5.85. The highest BCUT2D eigenvalue weighted by Gasteiger charge is 2.29. The van der Waals surface area contributed by atoms with Gasteiger partial charge in [-0.3, -0.25) is 0 Å². The monoisotopic (exact) mass is 263 g/mol. The minimum atomic E-state index is -3.27. The number of nitrogens with one attached hydrogen (secondary N) is 1. The fourth-order valence-electron chi connectivity index (χ4n) is 2.01. The van der Waals surface area contributed by atoms with E-state index >= 15 is 0 Å². The van der Waals surface area contributed by atoms with Crippen molar-refractivity contribution in [1.82, 2.24) is 13.9 Å². The summed E-state index contributed by atoms with van der Waals surface area (Å²) in [6, 6.07) is 0. The Bertz CT molecular complexity index is 301. The maximum Gasteiger partial charge on any atom is 0.282 e. The molecule has 0 aromatic heterocycles. The molecular formula is C11H25N3O2S. The lowest BCUT2D eigenvalue weighted by Gasteiger charge is -2.29. The van der Waals surface area contributed by atoms with E-state index in [4.69, 9.17) is 0 Å². The zero-order valence-electron chi connectivity index (χ0n) is 11.1. The molecule has 0 atom stereocenters. The third kappa shape index (κ3) is 4.21. The van der Waals surface area contributed by atoms with Crippen molar-refractivity contribution >= 4 is 10.2 Å². The number of nitrogens with zero attached hydrogens (tertiary/aromatic N) is 2. The SMILES string of the molecule is CCN(CC(C)C)S(=O)(=O)N1CCCNCC1. The third-order valence-corrected chi connectivity index (χ3v) is 4.95. The molecule has 6 heteroatoms. The fraction of sp³-hybridized carbons (Fsp3) is 1.00. The molecule has 1 heterocycles. The minimum Gasteiger partial charge on any atom is -0.315 e. The van der Waals surface area contributed by atoms with Crippen LogP contribution >= 0.6 is 0 Å². The van der Waals surface area contributed by atoms with Crippen molar-refractivity contribution in [3.05, 3.63) is 0 Å². The first-order valence-electron chi connectivity index (χ1n) is 6.44. The summed E-state index contributed by atoms with van der Waals surface area (Å²) < 4.78 is 28.1. The topological polar surface area (TPSA) is 52.7 Å². The molecule has 1 rings (SSSR count). The van der Waals surface area contributed by atoms with Crippen LogP contribution in [0, 0.1) is 5.92 Å². The summed E-state index contributed by atoms with van der Waals surface area (Å²) in [7, 11) is -3.27. The van der Waals surface area contributed by atoms with Crippen LogP contribution in [0.15, 0.2) is 0 Å². The van der Waals surface area contributed by atoms with Gasteiger partial charge < -0.3 is 5.32 Å². The van der Waals surface area contributed by atoms with Crippen molar-refractivity contribution in [1.29, 1.82) is 0 Å². The molecule has 1 N–H and O–H groups in total. The Labute approximate surface area is 105 Å². The molecule has 0 spiro atoms. The van der Waals surface area contributed by atoms with Crippen molar-refractivity contribution in [2.24, 2.45) is 5.92 Å². The largest absolute Gasteiger partial charge is 0.315 e. The van der Waals surface area contributed by atoms with Crippen LogP contribution in [-0.4, -0.2) is 56.3 Å². The predicted molar refractivity (Wildman–Crippen MR) is 70.1 cm³/mol. The van der Waals surface area contributed by atoms with Gasteiger partial charge in [0.1, 0.15) is 0 Å². The van der Waals surface area contributed by atoms with Crippen molar-refractivity contribution in [2.75, 3.05) is 39.3 Å². The molecule has 1 aliphatic rings. The molecule has 102 valence electrons. The molecule has 0 bridgehead atoms. The molecule has 0 saturated carbocycles. The zero-order chi connectivity index (χ0) is 12.9. The zero-order valence-corrected chi connectivity index (χ0v) is 12.0. The lowest BCUT2D eigenvalue weighted by molar-refractivity contribution is 0.328. The highest BCUT2D eigenvalue weighted by atomic mass is 32.2. The molecule has 1 saturated heterocycles. The summed E-state index contributed by atoms with van der Waals surface area (Å²) in [4.78, 5) is 0. The molecule has 0 unspecified atom stereocenters. The summed E-state index contributed by atoms with van der Waals surface area (Å²) in [5, 5.41) is 3.22. The molecule has 0 aliphatic carbocycles. The summed E-state index contributed by atoms with van der Waals surface area (Å²) in [6.45, 7) is 10.00. The van der Waals surface area contributed by atoms with Gasteiger partial charge >= 0.3 is 0 Å². The Balaban J connectivity index is 2.75. The quantitative estimate of drug-likeness (QED) is 0.786. The van der Waals surface area contributed by atoms with Gasteiger partial charge in [0, 0.05) is 32.7 Å². The van der Waals surface area contributed by atoms with Crippen LogP contribution in [0.25, 0.3) is 0 Å². The van der Waals surface area contributed by atoms with Gasteiger partial charge in [0.25, 0.3) is 10.2 Å². The van der Waals surface area contributed by atoms with E-state index in [1.54, 1.807) is 8.61 Å². The molecule has 1 fully saturated rings. The number of hydrogen-bond donors (Lipinski definition) is 1. The first kappa shape index (κ1) is 14.9. The second-order valence-corrected chi connectivity index (χ2v) is 6.78. The van der Waals surface area contributed by atoms with E-state index in [0.29, 0.717) is 32.1 Å². The van der Waals surface area contributed by atoms with E-state index in [0.717, 1.165) is 19.5 Å². The Morgan fingerprint density at radius 1 is 1.29 bits per heavy atom. The van der Waals surface area contributed by atoms with Gasteiger partial charge in [0.15, 0.2) is 0 Å². The van der Waals surface area contributed by atoms with Crippen molar-refractivity contribution in [3.63, 3.8) is 0 Å². The maximum absolute atomic E-state index is 12.4. The maximum atomic E-state index is 12.4. The Hall–Kier alpha value is -0.170. The van der Waals surface area contributed by atoms with E-state index in [-0.39, 0.29) is 0 Å². The van der Waals surface area contributed by atoms with Crippen LogP contribution in [0.3, 0.4) is 0 Å². The first-order chi connectivity index (χ1) is 7.98. The van der Waals surface area contributed by atoms with Crippen LogP contribution in [-0.2, 0) is 10.2 Å². The second kappa shape index (κ2) is 6.68. The number of rotatable bonds is 5. The predicted octanol–water partition coefficient (Wildman–Crippen LogP) is 0.504. The highest BCUT2D eigenvalue weighted by molar-refractivity contribution is 7.86. The molecule has 17 heavy (non-hydrogen) atoms. The van der Waals surface area contributed by atoms with Crippen molar-refractivity contribution in [3.8, 4) is 0 Å². The third-order valence-electron chi connectivity index (χ3n) is 2.87. The van der Waals surface area contributed by atoms with Crippen molar-refractivity contribution in [2.45, 2.75) is 27.2 Å². The normalized spacial score (nSPS) is 19.8. The van der Waals surface area contributed by atoms with E-state index in [9.17, 15) is 8.42 Å². The highest BCUT2D eigenvalue weighted by Crippen LogP contribution is 2.12. The smallest absolute Gasteiger partial charge is 0.282 e. The summed E-state index contributed by atoms with van der Waals surface area (Å²) in [6.07, 6.45) is 0.887. The van der Waals surface area contributed by atoms with Crippen LogP contribution in [0.5, 0.6) is 0 Å². The minimum absolute atomic E-state index is 0.356. The van der Waals surface area contributed by atoms with E-state index in [2.05, 4.69) is 5.32 Å². The first-order valence-corrected chi connectivity index (χ1v) is 7.84. The average Bonchev–Trinajstić information content (AvgIpc) is 2.54. The molecule has 0 aromatic carbocycles. The standard InChI is InChI=1S/C11H25N3O2S/c1-4-13(10-11(2)3)17(15,16)14-8-5-6-12-7-9-14/h11-12H,4-10H2,1-3H3. The van der Waals surface area contributed by atoms with Gasteiger partial charge in [0.05, 0.1) is 0 Å². The lowest BCUT2D eigenvalue weighted by atomic mass is 10.2. The van der Waals surface area contributed by atoms with Crippen LogP contribution in [0.1, 0.15) is 27.2 Å². The lowest BCUT2D eigenvalue weighted by Crippen LogP contribution is -2.46. The van der Waals surface area contributed by atoms with Gasteiger partial charge in [0.2, 0.25) is 0 Å². The summed E-state index contributed by atoms with van der Waals surface area (Å²) in [5.74, 6) is 0.356. The Morgan fingerprint density at radius 3 is 2.59 bits per heavy atom. The average molecular weight is 263 g/mol. The van der Waals surface area contributed by atoms with Crippen LogP contribution in [0.4, 0.5) is 0 Å². The molecule has 1 aliphatic heterocycles. The molecule has 0 radical (unpaired) electrons. The van der Waals surface area contributed by atoms with Crippen LogP contribution < -0.4 is 5.32 Å². The number of hydrogen-bond acceptors (Lipinski definition) is 3. The van der Waals surface area contributed by atoms with E-state index < -0.39 is 10.2 Å². The van der Waals surface area contributed by atoms with Crippen molar-refractivity contribution < 1.29 is 8.42 Å². The Morgan fingerprint density at radius 2 is 2.00 bits per heavy atom. The summed E-state index contributed by atoms with van der Waals surface area (Å²) in [5.41, 5.74) is 0. The molecular weight excluding hydrogens is 238 g/mol. The van der Waals surface area contributed by atoms with Gasteiger partial charge in [-0.2, -0.15) is 17.0 Å². The van der Waals surface area contributed by atoms with Gasteiger partial charge in [-0.05, 0) is 18.9 Å². The van der Waals surface area contributed by atoms with Gasteiger partial charge in [-0.15, -0.1) is 0 Å². The van der Waals surface area contributed by atoms with E-state index in [1.165, 1.54) is 0 Å². The molecule has 5 nitrogen and oxygen atoms in total. The van der Waals surface area contributed by atoms with Gasteiger partial charge in [-0.25, -0.2) is 0 Å². The van der Waals surface area contributed by atoms with Crippen LogP contribution in [0.2, 0.25) is 0 Å². The van der Waals surface area contributed by atoms with E-state index in [1.807, 2.05) is 20.8 Å². The summed E-state index contributed by atoms with van der Waals surface area (Å²) >= 11 is 0. The molecule has 0 amide bonds.